The van der Waals surface area contributed by atoms with E-state index in [1.165, 1.54) is 12.1 Å². The van der Waals surface area contributed by atoms with Gasteiger partial charge in [-0.25, -0.2) is 8.42 Å². The number of hydrogen-bond acceptors (Lipinski definition) is 5. The monoisotopic (exact) mass is 466 g/mol. The molecule has 1 aliphatic heterocycles. The van der Waals surface area contributed by atoms with Crippen molar-refractivity contribution in [2.45, 2.75) is 29.7 Å². The average molecular weight is 467 g/mol. The van der Waals surface area contributed by atoms with Gasteiger partial charge in [0.25, 0.3) is 0 Å². The lowest BCUT2D eigenvalue weighted by atomic mass is 9.99. The minimum absolute atomic E-state index is 0.0442. The van der Waals surface area contributed by atoms with Crippen molar-refractivity contribution in [3.8, 4) is 11.5 Å². The Morgan fingerprint density at radius 3 is 2.41 bits per heavy atom. The van der Waals surface area contributed by atoms with Gasteiger partial charge in [-0.3, -0.25) is 0 Å². The van der Waals surface area contributed by atoms with E-state index < -0.39 is 9.84 Å². The smallest absolute Gasteiger partial charge is 0.236 e. The van der Waals surface area contributed by atoms with E-state index >= 15 is 0 Å². The van der Waals surface area contributed by atoms with Crippen molar-refractivity contribution in [3.63, 3.8) is 0 Å². The number of piperidine rings is 1. The molecule has 7 heteroatoms. The van der Waals surface area contributed by atoms with Gasteiger partial charge >= 0.3 is 0 Å². The summed E-state index contributed by atoms with van der Waals surface area (Å²) in [6.07, 6.45) is 1.95. The fraction of sp³-hybridized carbons (Fsp3) is 0.240. The van der Waals surface area contributed by atoms with Gasteiger partial charge < -0.3 is 9.32 Å². The molecule has 0 spiro atoms. The van der Waals surface area contributed by atoms with Crippen LogP contribution in [-0.2, 0) is 9.84 Å². The Morgan fingerprint density at radius 2 is 1.66 bits per heavy atom. The number of benzene rings is 3. The Morgan fingerprint density at radius 1 is 0.969 bits per heavy atom. The first-order valence-electron chi connectivity index (χ1n) is 10.7. The van der Waals surface area contributed by atoms with Gasteiger partial charge in [-0.2, -0.15) is 4.98 Å². The van der Waals surface area contributed by atoms with Gasteiger partial charge in [0, 0.05) is 23.7 Å². The van der Waals surface area contributed by atoms with Crippen LogP contribution in [0, 0.1) is 5.92 Å². The molecule has 1 aromatic heterocycles. The third-order valence-electron chi connectivity index (χ3n) is 6.05. The van der Waals surface area contributed by atoms with E-state index in [-0.39, 0.29) is 9.92 Å². The first kappa shape index (κ1) is 21.0. The van der Waals surface area contributed by atoms with E-state index in [0.29, 0.717) is 22.7 Å². The molecule has 1 fully saturated rings. The summed E-state index contributed by atoms with van der Waals surface area (Å²) in [6, 6.07) is 19.9. The lowest BCUT2D eigenvalue weighted by Gasteiger charge is -2.30. The molecule has 0 bridgehead atoms. The summed E-state index contributed by atoms with van der Waals surface area (Å²) in [4.78, 5) is 6.72. The Balaban J connectivity index is 1.68. The maximum Gasteiger partial charge on any atom is 0.236 e. The third-order valence-corrected chi connectivity index (χ3v) is 7.97. The van der Waals surface area contributed by atoms with Crippen LogP contribution in [0.2, 0.25) is 5.02 Å². The molecule has 1 saturated heterocycles. The molecule has 32 heavy (non-hydrogen) atoms. The minimum Gasteiger partial charge on any atom is -0.419 e. The predicted molar refractivity (Wildman–Crippen MR) is 127 cm³/mol. The Labute approximate surface area is 192 Å². The lowest BCUT2D eigenvalue weighted by Crippen LogP contribution is -2.33. The maximum absolute atomic E-state index is 13.6. The highest BCUT2D eigenvalue weighted by Gasteiger charge is 2.33. The van der Waals surface area contributed by atoms with Crippen LogP contribution in [0.4, 0.5) is 5.88 Å². The summed E-state index contributed by atoms with van der Waals surface area (Å²) >= 11 is 5.98. The molecule has 0 radical (unpaired) electrons. The molecular weight excluding hydrogens is 444 g/mol. The van der Waals surface area contributed by atoms with Crippen LogP contribution in [0.3, 0.4) is 0 Å². The van der Waals surface area contributed by atoms with Gasteiger partial charge in [-0.15, -0.1) is 0 Å². The molecule has 1 aliphatic rings. The predicted octanol–water partition coefficient (Wildman–Crippen LogP) is 6.22. The highest BCUT2D eigenvalue weighted by atomic mass is 35.5. The second kappa shape index (κ2) is 8.26. The van der Waals surface area contributed by atoms with Gasteiger partial charge in [0.2, 0.25) is 26.6 Å². The van der Waals surface area contributed by atoms with Crippen molar-refractivity contribution < 1.29 is 12.8 Å². The van der Waals surface area contributed by atoms with Gasteiger partial charge in [-0.1, -0.05) is 54.9 Å². The second-order valence-electron chi connectivity index (χ2n) is 8.28. The van der Waals surface area contributed by atoms with Crippen molar-refractivity contribution >= 4 is 38.1 Å². The fourth-order valence-electron chi connectivity index (χ4n) is 4.14. The van der Waals surface area contributed by atoms with Crippen LogP contribution in [-0.4, -0.2) is 26.5 Å². The SMILES string of the molecule is CC1CCN(c2oc(-c3cccc4ccccc34)nc2S(=O)(=O)c2ccc(Cl)cc2)CC1. The molecule has 5 nitrogen and oxygen atoms in total. The number of anilines is 1. The van der Waals surface area contributed by atoms with E-state index in [0.717, 1.165) is 42.3 Å². The highest BCUT2D eigenvalue weighted by molar-refractivity contribution is 7.91. The summed E-state index contributed by atoms with van der Waals surface area (Å²) < 4.78 is 33.4. The minimum atomic E-state index is -3.89. The molecule has 0 amide bonds. The fourth-order valence-corrected chi connectivity index (χ4v) is 5.58. The van der Waals surface area contributed by atoms with Gasteiger partial charge in [0.05, 0.1) is 4.90 Å². The quantitative estimate of drug-likeness (QED) is 0.357. The molecule has 0 aliphatic carbocycles. The second-order valence-corrected chi connectivity index (χ2v) is 10.6. The molecular formula is C25H23ClN2O3S. The zero-order valence-electron chi connectivity index (χ0n) is 17.7. The summed E-state index contributed by atoms with van der Waals surface area (Å²) in [7, 11) is -3.89. The van der Waals surface area contributed by atoms with Crippen molar-refractivity contribution in [1.29, 1.82) is 0 Å². The molecule has 0 atom stereocenters. The van der Waals surface area contributed by atoms with Gasteiger partial charge in [-0.05, 0) is 59.9 Å². The number of hydrogen-bond donors (Lipinski definition) is 0. The first-order valence-corrected chi connectivity index (χ1v) is 12.5. The number of aromatic nitrogens is 1. The van der Waals surface area contributed by atoms with Crippen molar-refractivity contribution in [3.05, 3.63) is 71.8 Å². The van der Waals surface area contributed by atoms with Crippen LogP contribution >= 0.6 is 11.6 Å². The van der Waals surface area contributed by atoms with E-state index in [4.69, 9.17) is 16.0 Å². The van der Waals surface area contributed by atoms with Gasteiger partial charge in [0.1, 0.15) is 0 Å². The topological polar surface area (TPSA) is 63.4 Å². The number of fused-ring (bicyclic) bond motifs is 1. The van der Waals surface area contributed by atoms with Crippen LogP contribution in [0.15, 0.2) is 81.1 Å². The summed E-state index contributed by atoms with van der Waals surface area (Å²) in [6.45, 7) is 3.67. The number of halogens is 1. The summed E-state index contributed by atoms with van der Waals surface area (Å²) in [5, 5.41) is 2.44. The van der Waals surface area contributed by atoms with Crippen molar-refractivity contribution in [2.75, 3.05) is 18.0 Å². The summed E-state index contributed by atoms with van der Waals surface area (Å²) in [5.74, 6) is 1.22. The number of rotatable bonds is 4. The largest absolute Gasteiger partial charge is 0.419 e. The molecule has 0 N–H and O–H groups in total. The number of sulfone groups is 1. The van der Waals surface area contributed by atoms with E-state index in [9.17, 15) is 8.42 Å². The molecule has 4 aromatic rings. The van der Waals surface area contributed by atoms with Gasteiger partial charge in [0.15, 0.2) is 0 Å². The van der Waals surface area contributed by atoms with Crippen LogP contribution < -0.4 is 4.90 Å². The summed E-state index contributed by atoms with van der Waals surface area (Å²) in [5.41, 5.74) is 0.771. The molecule has 164 valence electrons. The van der Waals surface area contributed by atoms with Crippen molar-refractivity contribution in [1.82, 2.24) is 4.98 Å². The molecule has 2 heterocycles. The number of oxazole rings is 1. The highest BCUT2D eigenvalue weighted by Crippen LogP contribution is 2.38. The van der Waals surface area contributed by atoms with Crippen molar-refractivity contribution in [2.24, 2.45) is 5.92 Å². The molecule has 0 saturated carbocycles. The first-order chi connectivity index (χ1) is 15.4. The Bertz CT molecular complexity index is 1370. The zero-order valence-corrected chi connectivity index (χ0v) is 19.2. The standard InChI is InChI=1S/C25H23ClN2O3S/c1-17-13-15-28(16-14-17)25-24(32(29,30)20-11-9-19(26)10-12-20)27-23(31-25)22-8-4-6-18-5-2-3-7-21(18)22/h2-12,17H,13-16H2,1H3. The van der Waals surface area contributed by atoms with E-state index in [2.05, 4.69) is 11.9 Å². The molecule has 0 unspecified atom stereocenters. The lowest BCUT2D eigenvalue weighted by molar-refractivity contribution is 0.416. The third kappa shape index (κ3) is 3.78. The van der Waals surface area contributed by atoms with Crippen LogP contribution in [0.5, 0.6) is 0 Å². The Kier molecular flexibility index (Phi) is 5.43. The van der Waals surface area contributed by atoms with Crippen LogP contribution in [0.25, 0.3) is 22.2 Å². The maximum atomic E-state index is 13.6. The Hall–Kier alpha value is -2.83. The zero-order chi connectivity index (χ0) is 22.3. The molecule has 5 rings (SSSR count). The average Bonchev–Trinajstić information content (AvgIpc) is 3.26. The van der Waals surface area contributed by atoms with E-state index in [1.807, 2.05) is 47.4 Å². The number of nitrogens with zero attached hydrogens (tertiary/aromatic N) is 2. The molecule has 3 aromatic carbocycles. The van der Waals surface area contributed by atoms with E-state index in [1.54, 1.807) is 12.1 Å². The van der Waals surface area contributed by atoms with Crippen LogP contribution in [0.1, 0.15) is 19.8 Å². The normalized spacial score (nSPS) is 15.4.